The third-order valence-corrected chi connectivity index (χ3v) is 2.68. The van der Waals surface area contributed by atoms with Crippen molar-refractivity contribution in [1.82, 2.24) is 4.98 Å². The standard InChI is InChI=1S/C13H11ClN2O2/c14-12-7-16-5-4-10(12)8-18-13(17)9-2-1-3-11(15)6-9/h1-7H,8,15H2. The van der Waals surface area contributed by atoms with Gasteiger partial charge in [0.05, 0.1) is 10.6 Å². The summed E-state index contributed by atoms with van der Waals surface area (Å²) in [7, 11) is 0. The molecule has 92 valence electrons. The Labute approximate surface area is 109 Å². The molecule has 0 aliphatic rings. The highest BCUT2D eigenvalue weighted by Gasteiger charge is 2.08. The first-order chi connectivity index (χ1) is 8.66. The summed E-state index contributed by atoms with van der Waals surface area (Å²) in [5.74, 6) is -0.435. The van der Waals surface area contributed by atoms with Crippen molar-refractivity contribution >= 4 is 23.3 Å². The van der Waals surface area contributed by atoms with E-state index in [4.69, 9.17) is 22.1 Å². The summed E-state index contributed by atoms with van der Waals surface area (Å²) in [6.07, 6.45) is 3.10. The molecule has 1 aromatic carbocycles. The van der Waals surface area contributed by atoms with Crippen LogP contribution in [0.25, 0.3) is 0 Å². The first-order valence-electron chi connectivity index (χ1n) is 5.28. The molecule has 0 saturated heterocycles. The van der Waals surface area contributed by atoms with Gasteiger partial charge in [-0.1, -0.05) is 17.7 Å². The van der Waals surface area contributed by atoms with E-state index in [1.807, 2.05) is 0 Å². The molecular weight excluding hydrogens is 252 g/mol. The van der Waals surface area contributed by atoms with E-state index in [1.165, 1.54) is 6.20 Å². The molecule has 0 aliphatic heterocycles. The third-order valence-electron chi connectivity index (χ3n) is 2.34. The quantitative estimate of drug-likeness (QED) is 0.682. The van der Waals surface area contributed by atoms with Gasteiger partial charge in [0.15, 0.2) is 0 Å². The van der Waals surface area contributed by atoms with Crippen molar-refractivity contribution in [3.8, 4) is 0 Å². The lowest BCUT2D eigenvalue weighted by Gasteiger charge is -2.06. The zero-order valence-corrected chi connectivity index (χ0v) is 10.2. The third kappa shape index (κ3) is 2.99. The number of nitrogens with zero attached hydrogens (tertiary/aromatic N) is 1. The van der Waals surface area contributed by atoms with E-state index < -0.39 is 5.97 Å². The van der Waals surface area contributed by atoms with Gasteiger partial charge in [-0.3, -0.25) is 4.98 Å². The van der Waals surface area contributed by atoms with Crippen molar-refractivity contribution in [3.63, 3.8) is 0 Å². The molecule has 0 saturated carbocycles. The van der Waals surface area contributed by atoms with Crippen LogP contribution in [0.1, 0.15) is 15.9 Å². The fourth-order valence-corrected chi connectivity index (χ4v) is 1.59. The van der Waals surface area contributed by atoms with Gasteiger partial charge in [-0.15, -0.1) is 0 Å². The molecule has 0 atom stereocenters. The summed E-state index contributed by atoms with van der Waals surface area (Å²) in [5, 5.41) is 0.470. The molecule has 0 amide bonds. The first-order valence-corrected chi connectivity index (χ1v) is 5.65. The zero-order valence-electron chi connectivity index (χ0n) is 9.47. The molecule has 0 bridgehead atoms. The molecule has 0 spiro atoms. The molecule has 5 heteroatoms. The molecule has 0 radical (unpaired) electrons. The van der Waals surface area contributed by atoms with E-state index in [0.29, 0.717) is 21.8 Å². The van der Waals surface area contributed by atoms with Gasteiger partial charge >= 0.3 is 5.97 Å². The number of hydrogen-bond acceptors (Lipinski definition) is 4. The maximum absolute atomic E-state index is 11.7. The highest BCUT2D eigenvalue weighted by Crippen LogP contribution is 2.15. The molecule has 0 unspecified atom stereocenters. The number of carbonyl (C=O) groups excluding carboxylic acids is 1. The maximum atomic E-state index is 11.7. The van der Waals surface area contributed by atoms with Crippen molar-refractivity contribution in [1.29, 1.82) is 0 Å². The van der Waals surface area contributed by atoms with Crippen LogP contribution < -0.4 is 5.73 Å². The minimum absolute atomic E-state index is 0.106. The fraction of sp³-hybridized carbons (Fsp3) is 0.0769. The second kappa shape index (κ2) is 5.51. The molecule has 2 N–H and O–H groups in total. The molecule has 0 fully saturated rings. The summed E-state index contributed by atoms with van der Waals surface area (Å²) < 4.78 is 5.14. The minimum atomic E-state index is -0.435. The van der Waals surface area contributed by atoms with Gasteiger partial charge < -0.3 is 10.5 Å². The van der Waals surface area contributed by atoms with Crippen molar-refractivity contribution < 1.29 is 9.53 Å². The highest BCUT2D eigenvalue weighted by molar-refractivity contribution is 6.31. The lowest BCUT2D eigenvalue weighted by molar-refractivity contribution is 0.0473. The average Bonchev–Trinajstić information content (AvgIpc) is 2.37. The van der Waals surface area contributed by atoms with Crippen LogP contribution in [0.2, 0.25) is 5.02 Å². The van der Waals surface area contributed by atoms with E-state index in [9.17, 15) is 4.79 Å². The number of anilines is 1. The van der Waals surface area contributed by atoms with E-state index >= 15 is 0 Å². The Kier molecular flexibility index (Phi) is 3.79. The van der Waals surface area contributed by atoms with Gasteiger partial charge in [-0.05, 0) is 24.3 Å². The molecular formula is C13H11ClN2O2. The lowest BCUT2D eigenvalue weighted by atomic mass is 10.2. The Bertz CT molecular complexity index is 572. The number of pyridine rings is 1. The lowest BCUT2D eigenvalue weighted by Crippen LogP contribution is -2.06. The second-order valence-corrected chi connectivity index (χ2v) is 4.08. The molecule has 1 heterocycles. The largest absolute Gasteiger partial charge is 0.457 e. The van der Waals surface area contributed by atoms with E-state index in [0.717, 1.165) is 0 Å². The van der Waals surface area contributed by atoms with E-state index in [1.54, 1.807) is 36.5 Å². The molecule has 0 aliphatic carbocycles. The normalized spacial score (nSPS) is 10.1. The first kappa shape index (κ1) is 12.4. The Hall–Kier alpha value is -2.07. The van der Waals surface area contributed by atoms with E-state index in [-0.39, 0.29) is 6.61 Å². The van der Waals surface area contributed by atoms with Gasteiger partial charge in [-0.2, -0.15) is 0 Å². The Morgan fingerprint density at radius 3 is 2.94 bits per heavy atom. The van der Waals surface area contributed by atoms with Crippen LogP contribution in [-0.4, -0.2) is 11.0 Å². The number of benzene rings is 1. The summed E-state index contributed by atoms with van der Waals surface area (Å²) in [4.78, 5) is 15.6. The number of aromatic nitrogens is 1. The molecule has 2 rings (SSSR count). The number of hydrogen-bond donors (Lipinski definition) is 1. The number of halogens is 1. The van der Waals surface area contributed by atoms with Crippen LogP contribution in [0.4, 0.5) is 5.69 Å². The molecule has 1 aromatic heterocycles. The second-order valence-electron chi connectivity index (χ2n) is 3.67. The summed E-state index contributed by atoms with van der Waals surface area (Å²) in [6, 6.07) is 8.32. The molecule has 18 heavy (non-hydrogen) atoms. The molecule has 4 nitrogen and oxygen atoms in total. The van der Waals surface area contributed by atoms with Gasteiger partial charge in [-0.25, -0.2) is 4.79 Å². The number of rotatable bonds is 3. The summed E-state index contributed by atoms with van der Waals surface area (Å²) in [6.45, 7) is 0.106. The van der Waals surface area contributed by atoms with Crippen molar-refractivity contribution in [3.05, 3.63) is 58.9 Å². The Morgan fingerprint density at radius 1 is 1.39 bits per heavy atom. The van der Waals surface area contributed by atoms with E-state index in [2.05, 4.69) is 4.98 Å². The summed E-state index contributed by atoms with van der Waals surface area (Å²) >= 11 is 5.91. The van der Waals surface area contributed by atoms with Crippen LogP contribution in [0.5, 0.6) is 0 Å². The highest BCUT2D eigenvalue weighted by atomic mass is 35.5. The van der Waals surface area contributed by atoms with Crippen molar-refractivity contribution in [2.24, 2.45) is 0 Å². The number of nitrogen functional groups attached to an aromatic ring is 1. The van der Waals surface area contributed by atoms with Crippen LogP contribution >= 0.6 is 11.6 Å². The van der Waals surface area contributed by atoms with Gasteiger partial charge in [0.25, 0.3) is 0 Å². The van der Waals surface area contributed by atoms with Gasteiger partial charge in [0, 0.05) is 23.6 Å². The number of esters is 1. The topological polar surface area (TPSA) is 65.2 Å². The average molecular weight is 263 g/mol. The minimum Gasteiger partial charge on any atom is -0.457 e. The number of carbonyl (C=O) groups is 1. The predicted molar refractivity (Wildman–Crippen MR) is 69.2 cm³/mol. The fourth-order valence-electron chi connectivity index (χ4n) is 1.41. The number of ether oxygens (including phenoxy) is 1. The predicted octanol–water partition coefficient (Wildman–Crippen LogP) is 2.67. The van der Waals surface area contributed by atoms with Gasteiger partial charge in [0.1, 0.15) is 6.61 Å². The van der Waals surface area contributed by atoms with Crippen LogP contribution in [0.3, 0.4) is 0 Å². The van der Waals surface area contributed by atoms with Crippen molar-refractivity contribution in [2.75, 3.05) is 5.73 Å². The van der Waals surface area contributed by atoms with Gasteiger partial charge in [0.2, 0.25) is 0 Å². The Morgan fingerprint density at radius 2 is 2.22 bits per heavy atom. The number of nitrogens with two attached hydrogens (primary N) is 1. The molecule has 2 aromatic rings. The van der Waals surface area contributed by atoms with Crippen LogP contribution in [0.15, 0.2) is 42.7 Å². The van der Waals surface area contributed by atoms with Crippen LogP contribution in [-0.2, 0) is 11.3 Å². The Balaban J connectivity index is 2.03. The maximum Gasteiger partial charge on any atom is 0.338 e. The van der Waals surface area contributed by atoms with Crippen LogP contribution in [0, 0.1) is 0 Å². The van der Waals surface area contributed by atoms with Crippen molar-refractivity contribution in [2.45, 2.75) is 6.61 Å². The smallest absolute Gasteiger partial charge is 0.338 e. The zero-order chi connectivity index (χ0) is 13.0. The monoisotopic (exact) mass is 262 g/mol. The SMILES string of the molecule is Nc1cccc(C(=O)OCc2ccncc2Cl)c1. The summed E-state index contributed by atoms with van der Waals surface area (Å²) in [5.41, 5.74) is 7.24.